The van der Waals surface area contributed by atoms with E-state index in [1.165, 1.54) is 31.3 Å². The number of hydrogen-bond donors (Lipinski definition) is 0. The zero-order valence-corrected chi connectivity index (χ0v) is 18.3. The summed E-state index contributed by atoms with van der Waals surface area (Å²) in [5.41, 5.74) is 2.34. The third-order valence-electron chi connectivity index (χ3n) is 4.88. The van der Waals surface area contributed by atoms with Crippen LogP contribution in [0.1, 0.15) is 106 Å². The van der Waals surface area contributed by atoms with E-state index in [1.807, 2.05) is 27.0 Å². The van der Waals surface area contributed by atoms with Gasteiger partial charge in [-0.2, -0.15) is 0 Å². The third kappa shape index (κ3) is 10.1. The molecule has 0 saturated heterocycles. The number of hydrogen-bond acceptors (Lipinski definition) is 2. The molecule has 1 aliphatic heterocycles. The van der Waals surface area contributed by atoms with Crippen molar-refractivity contribution in [3.8, 4) is 0 Å². The van der Waals surface area contributed by atoms with Crippen LogP contribution in [0, 0.1) is 11.8 Å². The first-order valence-electron chi connectivity index (χ1n) is 11.1. The van der Waals surface area contributed by atoms with Gasteiger partial charge in [-0.1, -0.05) is 85.8 Å². The monoisotopic (exact) mass is 361 g/mol. The van der Waals surface area contributed by atoms with E-state index in [4.69, 9.17) is 4.99 Å². The Morgan fingerprint density at radius 2 is 1.77 bits per heavy atom. The van der Waals surface area contributed by atoms with Crippen molar-refractivity contribution in [3.05, 3.63) is 23.4 Å². The van der Waals surface area contributed by atoms with E-state index in [2.05, 4.69) is 32.9 Å². The number of nitrogens with zero attached hydrogens (tertiary/aromatic N) is 1. The van der Waals surface area contributed by atoms with Crippen molar-refractivity contribution >= 4 is 12.0 Å². The minimum absolute atomic E-state index is 0.0103. The predicted octanol–water partition coefficient (Wildman–Crippen LogP) is 7.69. The number of rotatable bonds is 11. The topological polar surface area (TPSA) is 29.4 Å². The molecule has 0 aromatic rings. The molecule has 0 N–H and O–H groups in total. The molecule has 2 atom stereocenters. The number of Topliss-reactive ketones (excluding diaryl/α,β-unsaturated/α-hetero) is 1. The third-order valence-corrected chi connectivity index (χ3v) is 4.88. The lowest BCUT2D eigenvalue weighted by Gasteiger charge is -2.21. The first-order valence-corrected chi connectivity index (χ1v) is 11.1. The Morgan fingerprint density at radius 3 is 2.38 bits per heavy atom. The molecule has 1 heterocycles. The smallest absolute Gasteiger partial charge is 0.141 e. The number of aliphatic imine (C=N–C) groups is 1. The number of carbonyl (C=O) groups is 1. The van der Waals surface area contributed by atoms with Gasteiger partial charge in [0.2, 0.25) is 0 Å². The molecule has 0 bridgehead atoms. The van der Waals surface area contributed by atoms with E-state index >= 15 is 0 Å². The van der Waals surface area contributed by atoms with Crippen LogP contribution in [-0.4, -0.2) is 12.0 Å². The lowest BCUT2D eigenvalue weighted by Crippen LogP contribution is -2.19. The average Bonchev–Trinajstić information content (AvgIpc) is 2.64. The molecule has 0 fully saturated rings. The van der Waals surface area contributed by atoms with Gasteiger partial charge in [0.25, 0.3) is 0 Å². The summed E-state index contributed by atoms with van der Waals surface area (Å²) in [6, 6.07) is 0. The van der Waals surface area contributed by atoms with Crippen molar-refractivity contribution in [2.45, 2.75) is 106 Å². The molecule has 0 aromatic heterocycles. The van der Waals surface area contributed by atoms with Crippen molar-refractivity contribution < 1.29 is 4.79 Å². The molecule has 0 amide bonds. The molecule has 2 unspecified atom stereocenters. The molecule has 0 spiro atoms. The molecule has 0 aromatic carbocycles. The summed E-state index contributed by atoms with van der Waals surface area (Å²) in [6.07, 6.45) is 17.4. The normalized spacial score (nSPS) is 21.6. The van der Waals surface area contributed by atoms with Crippen LogP contribution in [0.4, 0.5) is 0 Å². The van der Waals surface area contributed by atoms with E-state index in [1.54, 1.807) is 0 Å². The van der Waals surface area contributed by atoms with Crippen molar-refractivity contribution in [2.75, 3.05) is 0 Å². The fraction of sp³-hybridized carbons (Fsp3) is 0.750. The van der Waals surface area contributed by atoms with Gasteiger partial charge in [0.15, 0.2) is 0 Å². The van der Waals surface area contributed by atoms with Gasteiger partial charge in [0.1, 0.15) is 5.78 Å². The number of carbonyl (C=O) groups excluding carboxylic acids is 1. The highest BCUT2D eigenvalue weighted by Crippen LogP contribution is 2.28. The van der Waals surface area contributed by atoms with E-state index in [-0.39, 0.29) is 5.92 Å². The zero-order valence-electron chi connectivity index (χ0n) is 18.3. The van der Waals surface area contributed by atoms with Gasteiger partial charge in [0, 0.05) is 18.3 Å². The number of allylic oxidation sites excluding steroid dienone is 4. The molecule has 0 aliphatic carbocycles. The van der Waals surface area contributed by atoms with Crippen molar-refractivity contribution in [2.24, 2.45) is 16.8 Å². The van der Waals surface area contributed by atoms with E-state index in [0.29, 0.717) is 18.1 Å². The van der Waals surface area contributed by atoms with Crippen LogP contribution in [-0.2, 0) is 4.79 Å². The highest BCUT2D eigenvalue weighted by atomic mass is 16.1. The molecule has 2 nitrogen and oxygen atoms in total. The van der Waals surface area contributed by atoms with Crippen LogP contribution in [0.25, 0.3) is 0 Å². The largest absolute Gasteiger partial charge is 0.299 e. The van der Waals surface area contributed by atoms with Gasteiger partial charge in [0.05, 0.1) is 5.92 Å². The van der Waals surface area contributed by atoms with Gasteiger partial charge >= 0.3 is 0 Å². The quantitative estimate of drug-likeness (QED) is 0.347. The molecular formula is C24H43NO. The summed E-state index contributed by atoms with van der Waals surface area (Å²) in [7, 11) is 0. The van der Waals surface area contributed by atoms with Crippen molar-refractivity contribution in [1.29, 1.82) is 0 Å². The fourth-order valence-corrected chi connectivity index (χ4v) is 3.38. The SMILES string of the molecule is CC.CCCCCC(C)CC(C(=O)CC)C1=C/CC\C=C(CCC)/C=N/1. The lowest BCUT2D eigenvalue weighted by atomic mass is 9.85. The zero-order chi connectivity index (χ0) is 19.8. The van der Waals surface area contributed by atoms with Crippen molar-refractivity contribution in [3.63, 3.8) is 0 Å². The molecular weight excluding hydrogens is 318 g/mol. The van der Waals surface area contributed by atoms with E-state index in [9.17, 15) is 4.79 Å². The predicted molar refractivity (Wildman–Crippen MR) is 117 cm³/mol. The minimum Gasteiger partial charge on any atom is -0.299 e. The number of ketones is 1. The average molecular weight is 362 g/mol. The van der Waals surface area contributed by atoms with Gasteiger partial charge in [-0.3, -0.25) is 9.79 Å². The second-order valence-electron chi connectivity index (χ2n) is 7.20. The maximum atomic E-state index is 12.6. The van der Waals surface area contributed by atoms with Gasteiger partial charge in [-0.25, -0.2) is 0 Å². The van der Waals surface area contributed by atoms with Crippen LogP contribution >= 0.6 is 0 Å². The molecule has 0 saturated carbocycles. The molecule has 1 aliphatic rings. The van der Waals surface area contributed by atoms with Gasteiger partial charge < -0.3 is 0 Å². The van der Waals surface area contributed by atoms with Crippen LogP contribution < -0.4 is 0 Å². The Hall–Kier alpha value is -1.18. The molecule has 150 valence electrons. The molecule has 26 heavy (non-hydrogen) atoms. The summed E-state index contributed by atoms with van der Waals surface area (Å²) in [5.74, 6) is 0.926. The van der Waals surface area contributed by atoms with Gasteiger partial charge in [-0.05, 0) is 37.2 Å². The minimum atomic E-state index is -0.0103. The summed E-state index contributed by atoms with van der Waals surface area (Å²) in [5, 5.41) is 0. The second-order valence-corrected chi connectivity index (χ2v) is 7.20. The molecule has 0 radical (unpaired) electrons. The van der Waals surface area contributed by atoms with Crippen LogP contribution in [0.3, 0.4) is 0 Å². The summed E-state index contributed by atoms with van der Waals surface area (Å²) < 4.78 is 0. The Morgan fingerprint density at radius 1 is 1.08 bits per heavy atom. The first kappa shape index (κ1) is 24.8. The maximum Gasteiger partial charge on any atom is 0.141 e. The summed E-state index contributed by atoms with van der Waals surface area (Å²) in [4.78, 5) is 17.3. The summed E-state index contributed by atoms with van der Waals surface area (Å²) >= 11 is 0. The highest BCUT2D eigenvalue weighted by molar-refractivity contribution is 5.85. The van der Waals surface area contributed by atoms with Gasteiger partial charge in [-0.15, -0.1) is 0 Å². The Kier molecular flexibility index (Phi) is 15.3. The number of unbranched alkanes of at least 4 members (excludes halogenated alkanes) is 2. The highest BCUT2D eigenvalue weighted by Gasteiger charge is 2.23. The van der Waals surface area contributed by atoms with E-state index in [0.717, 1.165) is 37.8 Å². The lowest BCUT2D eigenvalue weighted by molar-refractivity contribution is -0.122. The van der Waals surface area contributed by atoms with Crippen LogP contribution in [0.15, 0.2) is 28.4 Å². The van der Waals surface area contributed by atoms with Crippen LogP contribution in [0.2, 0.25) is 0 Å². The maximum absolute atomic E-state index is 12.6. The van der Waals surface area contributed by atoms with E-state index < -0.39 is 0 Å². The van der Waals surface area contributed by atoms with Crippen LogP contribution in [0.5, 0.6) is 0 Å². The molecule has 2 heteroatoms. The second kappa shape index (κ2) is 16.0. The Bertz CT molecular complexity index is 459. The molecule has 1 rings (SSSR count). The Labute approximate surface area is 163 Å². The van der Waals surface area contributed by atoms with Crippen molar-refractivity contribution in [1.82, 2.24) is 0 Å². The standard InChI is InChI=1S/C22H37NO.C2H6/c1-5-8-9-13-18(4)16-20(22(24)7-3)21-15-11-10-14-19(12-6-2)17-23-21;1-2/h14-15,17-18,20H,5-13,16H2,1-4H3;1-2H3/b19-14-,21-15+,23-17+;. The summed E-state index contributed by atoms with van der Waals surface area (Å²) in [6.45, 7) is 12.7. The Balaban J connectivity index is 0.00000301. The first-order chi connectivity index (χ1) is 12.6. The fourth-order valence-electron chi connectivity index (χ4n) is 3.38.